The molecule has 2 unspecified atom stereocenters. The van der Waals surface area contributed by atoms with Crippen molar-refractivity contribution < 1.29 is 28.9 Å². The summed E-state index contributed by atoms with van der Waals surface area (Å²) in [6, 6.07) is 17.9. The second-order valence-electron chi connectivity index (χ2n) is 11.2. The fourth-order valence-electron chi connectivity index (χ4n) is 5.55. The quantitative estimate of drug-likeness (QED) is 0.0585. The number of aliphatic hydroxyl groups is 1. The van der Waals surface area contributed by atoms with Crippen molar-refractivity contribution >= 4 is 45.7 Å². The van der Waals surface area contributed by atoms with Gasteiger partial charge in [-0.25, -0.2) is 0 Å². The van der Waals surface area contributed by atoms with Crippen molar-refractivity contribution in [2.45, 2.75) is 62.8 Å². The van der Waals surface area contributed by atoms with Gasteiger partial charge in [-0.1, -0.05) is 65.9 Å². The molecule has 0 saturated carbocycles. The van der Waals surface area contributed by atoms with Gasteiger partial charge in [-0.15, -0.1) is 10.2 Å². The van der Waals surface area contributed by atoms with Crippen molar-refractivity contribution in [1.29, 1.82) is 0 Å². The summed E-state index contributed by atoms with van der Waals surface area (Å²) in [7, 11) is 0. The number of fused-ring (bicyclic) bond motifs is 1. The van der Waals surface area contributed by atoms with Crippen molar-refractivity contribution in [3.05, 3.63) is 94.1 Å². The highest BCUT2D eigenvalue weighted by molar-refractivity contribution is 8.00. The molecule has 1 saturated heterocycles. The lowest BCUT2D eigenvalue weighted by molar-refractivity contribution is -0.132. The molecule has 0 spiro atoms. The molecule has 3 aromatic carbocycles. The fourth-order valence-corrected chi connectivity index (χ4v) is 7.38. The van der Waals surface area contributed by atoms with E-state index in [1.54, 1.807) is 30.3 Å². The Morgan fingerprint density at radius 2 is 1.85 bits per heavy atom. The number of hydrogen-bond acceptors (Lipinski definition) is 10. The van der Waals surface area contributed by atoms with Crippen LogP contribution in [-0.4, -0.2) is 46.3 Å². The van der Waals surface area contributed by atoms with Gasteiger partial charge in [-0.3, -0.25) is 14.5 Å². The highest BCUT2D eigenvalue weighted by Crippen LogP contribution is 2.46. The third-order valence-corrected chi connectivity index (χ3v) is 9.87. The molecule has 238 valence electrons. The molecule has 11 heteroatoms. The maximum absolute atomic E-state index is 13.8. The standard InChI is InChI=1S/C35H35N3O6S2/c1-5-15-43-27-14-11-23(18-28(27)42-6-2)30-29(31(39)24-12-13-26-25(17-24)16-21(4)44-26)32(40)33(41)38(30)34-36-37-35(46-34)45-19-22-9-7-20(3)8-10-22/h7-14,17-18,21,30,39H,5-6,15-16,19H2,1-4H3/b31-29-. The molecule has 0 bridgehead atoms. The zero-order valence-corrected chi connectivity index (χ0v) is 27.7. The van der Waals surface area contributed by atoms with Gasteiger partial charge in [0.15, 0.2) is 15.8 Å². The summed E-state index contributed by atoms with van der Waals surface area (Å²) in [5, 5.41) is 20.7. The molecule has 1 fully saturated rings. The van der Waals surface area contributed by atoms with Crippen molar-refractivity contribution in [3.63, 3.8) is 0 Å². The fraction of sp³-hybridized carbons (Fsp3) is 0.314. The van der Waals surface area contributed by atoms with E-state index in [0.717, 1.165) is 23.3 Å². The van der Waals surface area contributed by atoms with Gasteiger partial charge >= 0.3 is 5.91 Å². The summed E-state index contributed by atoms with van der Waals surface area (Å²) in [6.45, 7) is 8.80. The van der Waals surface area contributed by atoms with E-state index in [9.17, 15) is 14.7 Å². The maximum Gasteiger partial charge on any atom is 0.301 e. The van der Waals surface area contributed by atoms with Crippen LogP contribution in [0.1, 0.15) is 61.1 Å². The third-order valence-electron chi connectivity index (χ3n) is 7.74. The molecule has 2 aliphatic heterocycles. The molecule has 2 atom stereocenters. The minimum Gasteiger partial charge on any atom is -0.507 e. The predicted molar refractivity (Wildman–Crippen MR) is 179 cm³/mol. The van der Waals surface area contributed by atoms with E-state index in [2.05, 4.69) is 34.5 Å². The number of amides is 1. The first kappa shape index (κ1) is 31.6. The van der Waals surface area contributed by atoms with E-state index in [-0.39, 0.29) is 22.6 Å². The smallest absolute Gasteiger partial charge is 0.301 e. The Hall–Kier alpha value is -4.35. The first-order valence-corrected chi connectivity index (χ1v) is 17.1. The average Bonchev–Trinajstić information content (AvgIpc) is 3.74. The molecule has 0 aliphatic carbocycles. The van der Waals surface area contributed by atoms with Gasteiger partial charge in [0.1, 0.15) is 17.6 Å². The largest absolute Gasteiger partial charge is 0.507 e. The van der Waals surface area contributed by atoms with Crippen LogP contribution in [0.25, 0.3) is 5.76 Å². The summed E-state index contributed by atoms with van der Waals surface area (Å²) in [5.41, 5.74) is 4.20. The van der Waals surface area contributed by atoms with Crippen molar-refractivity contribution in [2.24, 2.45) is 0 Å². The van der Waals surface area contributed by atoms with Crippen molar-refractivity contribution in [2.75, 3.05) is 18.1 Å². The Kier molecular flexibility index (Phi) is 9.32. The zero-order valence-electron chi connectivity index (χ0n) is 26.1. The van der Waals surface area contributed by atoms with Gasteiger partial charge in [0.2, 0.25) is 5.13 Å². The normalized spacial score (nSPS) is 18.5. The molecular formula is C35H35N3O6S2. The van der Waals surface area contributed by atoms with Gasteiger partial charge in [0.05, 0.1) is 24.8 Å². The second-order valence-corrected chi connectivity index (χ2v) is 13.4. The first-order valence-electron chi connectivity index (χ1n) is 15.3. The molecule has 9 nitrogen and oxygen atoms in total. The number of ether oxygens (including phenoxy) is 3. The van der Waals surface area contributed by atoms with Gasteiger partial charge < -0.3 is 19.3 Å². The molecule has 46 heavy (non-hydrogen) atoms. The highest BCUT2D eigenvalue weighted by atomic mass is 32.2. The second kappa shape index (κ2) is 13.6. The number of aromatic nitrogens is 2. The number of Topliss-reactive ketones (excluding diaryl/α,β-unsaturated/α-hetero) is 1. The topological polar surface area (TPSA) is 111 Å². The molecule has 1 N–H and O–H groups in total. The van der Waals surface area contributed by atoms with Crippen LogP contribution in [-0.2, 0) is 21.8 Å². The summed E-state index contributed by atoms with van der Waals surface area (Å²) in [5.74, 6) is 0.596. The van der Waals surface area contributed by atoms with Crippen LogP contribution < -0.4 is 19.1 Å². The molecule has 6 rings (SSSR count). The monoisotopic (exact) mass is 657 g/mol. The van der Waals surface area contributed by atoms with E-state index < -0.39 is 17.7 Å². The number of aliphatic hydroxyl groups excluding tert-OH is 1. The number of nitrogens with zero attached hydrogens (tertiary/aromatic N) is 3. The van der Waals surface area contributed by atoms with Crippen LogP contribution in [0.3, 0.4) is 0 Å². The van der Waals surface area contributed by atoms with Crippen molar-refractivity contribution in [3.8, 4) is 17.2 Å². The maximum atomic E-state index is 13.8. The van der Waals surface area contributed by atoms with Gasteiger partial charge in [-0.2, -0.15) is 0 Å². The van der Waals surface area contributed by atoms with Gasteiger partial charge in [-0.05, 0) is 74.2 Å². The van der Waals surface area contributed by atoms with E-state index in [1.807, 2.05) is 33.8 Å². The van der Waals surface area contributed by atoms with Crippen LogP contribution in [0.15, 0.2) is 70.6 Å². The summed E-state index contributed by atoms with van der Waals surface area (Å²) in [4.78, 5) is 28.9. The number of thioether (sulfide) groups is 1. The number of ketones is 1. The molecule has 1 aromatic heterocycles. The lowest BCUT2D eigenvalue weighted by Gasteiger charge is -2.23. The number of benzene rings is 3. The van der Waals surface area contributed by atoms with Crippen LogP contribution in [0, 0.1) is 6.92 Å². The minimum atomic E-state index is -0.981. The number of carbonyl (C=O) groups excluding carboxylic acids is 2. The van der Waals surface area contributed by atoms with Crippen LogP contribution in [0.4, 0.5) is 5.13 Å². The number of rotatable bonds is 11. The van der Waals surface area contributed by atoms with Crippen LogP contribution >= 0.6 is 23.1 Å². The molecule has 4 aromatic rings. The third kappa shape index (κ3) is 6.34. The number of carbonyl (C=O) groups is 2. The lowest BCUT2D eigenvalue weighted by atomic mass is 9.94. The van der Waals surface area contributed by atoms with E-state index >= 15 is 0 Å². The Morgan fingerprint density at radius 1 is 1.04 bits per heavy atom. The molecule has 0 radical (unpaired) electrons. The van der Waals surface area contributed by atoms with E-state index in [4.69, 9.17) is 14.2 Å². The van der Waals surface area contributed by atoms with E-state index in [0.29, 0.717) is 52.4 Å². The van der Waals surface area contributed by atoms with Crippen LogP contribution in [0.5, 0.6) is 17.2 Å². The number of anilines is 1. The molecule has 3 heterocycles. The highest BCUT2D eigenvalue weighted by Gasteiger charge is 2.48. The number of hydrogen-bond donors (Lipinski definition) is 1. The summed E-state index contributed by atoms with van der Waals surface area (Å²) < 4.78 is 18.3. The van der Waals surface area contributed by atoms with Crippen molar-refractivity contribution in [1.82, 2.24) is 10.2 Å². The number of aryl methyl sites for hydroxylation is 1. The van der Waals surface area contributed by atoms with Gasteiger partial charge in [0.25, 0.3) is 5.78 Å². The Bertz CT molecular complexity index is 1800. The summed E-state index contributed by atoms with van der Waals surface area (Å²) in [6.07, 6.45) is 1.51. The SMILES string of the molecule is CCCOc1ccc(C2/C(=C(/O)c3ccc4c(c3)CC(C)O4)C(=O)C(=O)N2c2nnc(SCc3ccc(C)cc3)s2)cc1OCC. The van der Waals surface area contributed by atoms with Gasteiger partial charge in [0, 0.05) is 17.7 Å². The average molecular weight is 658 g/mol. The van der Waals surface area contributed by atoms with E-state index in [1.165, 1.54) is 33.6 Å². The lowest BCUT2D eigenvalue weighted by Crippen LogP contribution is -2.29. The molecular weight excluding hydrogens is 623 g/mol. The molecule has 2 aliphatic rings. The van der Waals surface area contributed by atoms with Crippen LogP contribution in [0.2, 0.25) is 0 Å². The Balaban J connectivity index is 1.42. The molecule has 1 amide bonds. The Morgan fingerprint density at radius 3 is 2.61 bits per heavy atom. The Labute approximate surface area is 276 Å². The zero-order chi connectivity index (χ0) is 32.4. The minimum absolute atomic E-state index is 0.0129. The predicted octanol–water partition coefficient (Wildman–Crippen LogP) is 7.28. The first-order chi connectivity index (χ1) is 22.3. The summed E-state index contributed by atoms with van der Waals surface area (Å²) >= 11 is 2.73.